The zero-order chi connectivity index (χ0) is 11.5. The van der Waals surface area contributed by atoms with E-state index in [1.165, 1.54) is 5.56 Å². The normalized spacial score (nSPS) is 12.7. The topological polar surface area (TPSA) is 43.6 Å². The molecule has 2 aromatic heterocycles. The Labute approximate surface area is 103 Å². The van der Waals surface area contributed by atoms with Gasteiger partial charge in [-0.3, -0.25) is 4.98 Å². The molecule has 1 unspecified atom stereocenters. The van der Waals surface area contributed by atoms with Crippen LogP contribution in [0.15, 0.2) is 24.5 Å². The van der Waals surface area contributed by atoms with E-state index in [9.17, 15) is 0 Å². The molecule has 0 aliphatic carbocycles. The second-order valence-corrected chi connectivity index (χ2v) is 5.10. The number of alkyl halides is 1. The van der Waals surface area contributed by atoms with Gasteiger partial charge < -0.3 is 0 Å². The van der Waals surface area contributed by atoms with Gasteiger partial charge in [-0.15, -0.1) is 5.10 Å². The Bertz CT molecular complexity index is 478. The van der Waals surface area contributed by atoms with Crippen LogP contribution >= 0.6 is 15.9 Å². The highest BCUT2D eigenvalue weighted by atomic mass is 79.9. The van der Waals surface area contributed by atoms with Crippen molar-refractivity contribution < 1.29 is 0 Å². The predicted molar refractivity (Wildman–Crippen MR) is 65.4 cm³/mol. The Morgan fingerprint density at radius 3 is 2.94 bits per heavy atom. The van der Waals surface area contributed by atoms with Crippen LogP contribution in [0.4, 0.5) is 0 Å². The van der Waals surface area contributed by atoms with E-state index in [0.717, 1.165) is 11.4 Å². The molecule has 1 atom stereocenters. The van der Waals surface area contributed by atoms with Crippen LogP contribution in [0.5, 0.6) is 0 Å². The fourth-order valence-corrected chi connectivity index (χ4v) is 1.62. The van der Waals surface area contributed by atoms with Crippen molar-refractivity contribution in [2.45, 2.75) is 25.2 Å². The maximum atomic E-state index is 4.33. The standard InChI is InChI=1S/C11H13BrN4/c1-8-4-3-5-13-10(8)6-16-7-11(9(2)12)14-15-16/h3-5,7,9H,6H2,1-2H3. The summed E-state index contributed by atoms with van der Waals surface area (Å²) in [6, 6.07) is 3.99. The highest BCUT2D eigenvalue weighted by Gasteiger charge is 2.07. The van der Waals surface area contributed by atoms with Gasteiger partial charge in [0, 0.05) is 6.20 Å². The first-order valence-corrected chi connectivity index (χ1v) is 6.03. The van der Waals surface area contributed by atoms with E-state index in [1.54, 1.807) is 6.20 Å². The van der Waals surface area contributed by atoms with Gasteiger partial charge in [0.05, 0.1) is 29.0 Å². The third kappa shape index (κ3) is 2.47. The fraction of sp³-hybridized carbons (Fsp3) is 0.364. The molecule has 0 saturated heterocycles. The first-order valence-electron chi connectivity index (χ1n) is 5.11. The van der Waals surface area contributed by atoms with E-state index in [2.05, 4.69) is 31.2 Å². The number of nitrogens with zero attached hydrogens (tertiary/aromatic N) is 4. The molecule has 0 bridgehead atoms. The van der Waals surface area contributed by atoms with Gasteiger partial charge >= 0.3 is 0 Å². The van der Waals surface area contributed by atoms with Gasteiger partial charge in [-0.2, -0.15) is 0 Å². The molecule has 0 amide bonds. The van der Waals surface area contributed by atoms with Gasteiger partial charge in [-0.25, -0.2) is 4.68 Å². The zero-order valence-electron chi connectivity index (χ0n) is 9.26. The second-order valence-electron chi connectivity index (χ2n) is 3.72. The molecule has 16 heavy (non-hydrogen) atoms. The highest BCUT2D eigenvalue weighted by molar-refractivity contribution is 9.09. The molecule has 0 radical (unpaired) electrons. The summed E-state index contributed by atoms with van der Waals surface area (Å²) in [5.74, 6) is 0. The summed E-state index contributed by atoms with van der Waals surface area (Å²) in [6.07, 6.45) is 3.74. The Hall–Kier alpha value is -1.23. The first kappa shape index (κ1) is 11.3. The van der Waals surface area contributed by atoms with E-state index < -0.39 is 0 Å². The Balaban J connectivity index is 2.18. The zero-order valence-corrected chi connectivity index (χ0v) is 10.8. The summed E-state index contributed by atoms with van der Waals surface area (Å²) in [7, 11) is 0. The SMILES string of the molecule is Cc1cccnc1Cn1cc(C(C)Br)nn1. The van der Waals surface area contributed by atoms with Gasteiger partial charge in [-0.1, -0.05) is 27.2 Å². The van der Waals surface area contributed by atoms with Crippen molar-refractivity contribution in [2.75, 3.05) is 0 Å². The van der Waals surface area contributed by atoms with Gasteiger partial charge in [0.1, 0.15) is 0 Å². The van der Waals surface area contributed by atoms with Crippen molar-refractivity contribution in [3.05, 3.63) is 41.5 Å². The fourth-order valence-electron chi connectivity index (χ4n) is 1.41. The number of aromatic nitrogens is 4. The summed E-state index contributed by atoms with van der Waals surface area (Å²) in [4.78, 5) is 4.56. The minimum absolute atomic E-state index is 0.228. The number of aryl methyl sites for hydroxylation is 1. The molecule has 2 rings (SSSR count). The van der Waals surface area contributed by atoms with Gasteiger partial charge in [0.25, 0.3) is 0 Å². The second kappa shape index (κ2) is 4.74. The van der Waals surface area contributed by atoms with Crippen molar-refractivity contribution in [3.63, 3.8) is 0 Å². The summed E-state index contributed by atoms with van der Waals surface area (Å²) in [6.45, 7) is 4.74. The number of halogens is 1. The molecular weight excluding hydrogens is 268 g/mol. The molecule has 2 aromatic rings. The van der Waals surface area contributed by atoms with Crippen molar-refractivity contribution in [1.82, 2.24) is 20.0 Å². The van der Waals surface area contributed by atoms with Crippen molar-refractivity contribution in [2.24, 2.45) is 0 Å². The smallest absolute Gasteiger partial charge is 0.0960 e. The number of pyridine rings is 1. The lowest BCUT2D eigenvalue weighted by Gasteiger charge is -2.03. The van der Waals surface area contributed by atoms with E-state index in [1.807, 2.05) is 36.9 Å². The average Bonchev–Trinajstić information content (AvgIpc) is 2.70. The van der Waals surface area contributed by atoms with E-state index in [4.69, 9.17) is 0 Å². The number of rotatable bonds is 3. The van der Waals surface area contributed by atoms with Crippen molar-refractivity contribution in [1.29, 1.82) is 0 Å². The Kier molecular flexibility index (Phi) is 3.33. The van der Waals surface area contributed by atoms with Gasteiger partial charge in [0.15, 0.2) is 0 Å². The molecule has 0 saturated carbocycles. The molecule has 0 N–H and O–H groups in total. The molecule has 0 aromatic carbocycles. The van der Waals surface area contributed by atoms with Crippen LogP contribution in [0.3, 0.4) is 0 Å². The average molecular weight is 281 g/mol. The lowest BCUT2D eigenvalue weighted by Crippen LogP contribution is -2.04. The molecule has 0 fully saturated rings. The maximum Gasteiger partial charge on any atom is 0.0960 e. The molecule has 84 valence electrons. The third-order valence-electron chi connectivity index (χ3n) is 2.39. The van der Waals surface area contributed by atoms with Crippen LogP contribution < -0.4 is 0 Å². The van der Waals surface area contributed by atoms with Crippen LogP contribution in [-0.4, -0.2) is 20.0 Å². The van der Waals surface area contributed by atoms with Gasteiger partial charge in [-0.05, 0) is 25.5 Å². The van der Waals surface area contributed by atoms with Crippen LogP contribution in [0.25, 0.3) is 0 Å². The lowest BCUT2D eigenvalue weighted by atomic mass is 10.2. The van der Waals surface area contributed by atoms with Crippen molar-refractivity contribution in [3.8, 4) is 0 Å². The summed E-state index contributed by atoms with van der Waals surface area (Å²) in [5.41, 5.74) is 3.14. The molecule has 0 aliphatic rings. The van der Waals surface area contributed by atoms with E-state index in [0.29, 0.717) is 6.54 Å². The summed E-state index contributed by atoms with van der Waals surface area (Å²) in [5, 5.41) is 8.15. The molecule has 0 spiro atoms. The Morgan fingerprint density at radius 2 is 2.31 bits per heavy atom. The number of hydrogen-bond donors (Lipinski definition) is 0. The minimum atomic E-state index is 0.228. The summed E-state index contributed by atoms with van der Waals surface area (Å²) < 4.78 is 1.81. The van der Waals surface area contributed by atoms with Crippen LogP contribution in [0, 0.1) is 6.92 Å². The number of hydrogen-bond acceptors (Lipinski definition) is 3. The molecule has 2 heterocycles. The monoisotopic (exact) mass is 280 g/mol. The largest absolute Gasteiger partial charge is 0.259 e. The molecule has 4 nitrogen and oxygen atoms in total. The van der Waals surface area contributed by atoms with E-state index >= 15 is 0 Å². The van der Waals surface area contributed by atoms with Crippen LogP contribution in [-0.2, 0) is 6.54 Å². The lowest BCUT2D eigenvalue weighted by molar-refractivity contribution is 0.635. The summed E-state index contributed by atoms with van der Waals surface area (Å²) >= 11 is 3.46. The Morgan fingerprint density at radius 1 is 1.50 bits per heavy atom. The van der Waals surface area contributed by atoms with Crippen LogP contribution in [0.2, 0.25) is 0 Å². The quantitative estimate of drug-likeness (QED) is 0.812. The molecule has 5 heteroatoms. The van der Waals surface area contributed by atoms with Crippen molar-refractivity contribution >= 4 is 15.9 Å². The highest BCUT2D eigenvalue weighted by Crippen LogP contribution is 2.18. The third-order valence-corrected chi connectivity index (χ3v) is 2.86. The minimum Gasteiger partial charge on any atom is -0.259 e. The maximum absolute atomic E-state index is 4.33. The molecule has 0 aliphatic heterocycles. The molecular formula is C11H13BrN4. The first-order chi connectivity index (χ1) is 7.66. The van der Waals surface area contributed by atoms with Gasteiger partial charge in [0.2, 0.25) is 0 Å². The predicted octanol–water partition coefficient (Wildman–Crippen LogP) is 2.49. The van der Waals surface area contributed by atoms with E-state index in [-0.39, 0.29) is 4.83 Å². The van der Waals surface area contributed by atoms with Crippen LogP contribution in [0.1, 0.15) is 28.7 Å².